The Morgan fingerprint density at radius 3 is 2.20 bits per heavy atom. The van der Waals surface area contributed by atoms with Crippen LogP contribution in [0.25, 0.3) is 0 Å². The molecule has 0 bridgehead atoms. The molecular weight excluding hydrogens is 254 g/mol. The molecular formula is C15H29N3O2. The maximum Gasteiger partial charge on any atom is 0.311 e. The first-order valence-corrected chi connectivity index (χ1v) is 7.77. The molecule has 0 aromatic heterocycles. The van der Waals surface area contributed by atoms with E-state index in [0.29, 0.717) is 31.5 Å². The number of carbonyl (C=O) groups is 2. The fourth-order valence-electron chi connectivity index (χ4n) is 2.92. The van der Waals surface area contributed by atoms with Crippen LogP contribution < -0.4 is 5.32 Å². The van der Waals surface area contributed by atoms with Gasteiger partial charge in [0, 0.05) is 26.2 Å². The number of nitrogens with zero attached hydrogens (tertiary/aromatic N) is 2. The van der Waals surface area contributed by atoms with E-state index in [9.17, 15) is 9.59 Å². The number of likely N-dealkylation sites (N-methyl/N-ethyl adjacent to an activating group) is 1. The van der Waals surface area contributed by atoms with Crippen LogP contribution in [-0.4, -0.2) is 60.9 Å². The Kier molecular flexibility index (Phi) is 6.99. The topological polar surface area (TPSA) is 52.7 Å². The van der Waals surface area contributed by atoms with E-state index in [4.69, 9.17) is 0 Å². The van der Waals surface area contributed by atoms with Crippen molar-refractivity contribution < 1.29 is 9.59 Å². The first-order valence-electron chi connectivity index (χ1n) is 7.77. The van der Waals surface area contributed by atoms with Crippen LogP contribution in [0.5, 0.6) is 0 Å². The van der Waals surface area contributed by atoms with Gasteiger partial charge in [-0.2, -0.15) is 0 Å². The molecule has 1 aliphatic heterocycles. The van der Waals surface area contributed by atoms with Gasteiger partial charge < -0.3 is 15.1 Å². The zero-order valence-electron chi connectivity index (χ0n) is 13.3. The van der Waals surface area contributed by atoms with Gasteiger partial charge in [-0.05, 0) is 31.3 Å². The predicted octanol–water partition coefficient (Wildman–Crippen LogP) is 0.949. The molecule has 0 aliphatic carbocycles. The second-order valence-electron chi connectivity index (χ2n) is 5.94. The van der Waals surface area contributed by atoms with Crippen molar-refractivity contribution in [3.05, 3.63) is 0 Å². The number of hydrogen-bond donors (Lipinski definition) is 1. The molecule has 0 radical (unpaired) electrons. The highest BCUT2D eigenvalue weighted by Crippen LogP contribution is 2.20. The average molecular weight is 283 g/mol. The van der Waals surface area contributed by atoms with E-state index in [0.717, 1.165) is 26.1 Å². The number of carbonyl (C=O) groups excluding carboxylic acids is 2. The highest BCUT2D eigenvalue weighted by molar-refractivity contribution is 6.35. The highest BCUT2D eigenvalue weighted by atomic mass is 16.2. The number of nitrogens with one attached hydrogen (secondary N) is 1. The lowest BCUT2D eigenvalue weighted by molar-refractivity contribution is -0.147. The average Bonchev–Trinajstić information content (AvgIpc) is 2.41. The van der Waals surface area contributed by atoms with Gasteiger partial charge in [-0.3, -0.25) is 9.59 Å². The number of piperidine rings is 1. The maximum absolute atomic E-state index is 12.1. The summed E-state index contributed by atoms with van der Waals surface area (Å²) in [5.74, 6) is 0.124. The van der Waals surface area contributed by atoms with Crippen molar-refractivity contribution >= 4 is 11.8 Å². The van der Waals surface area contributed by atoms with E-state index in [1.807, 2.05) is 0 Å². The standard InChI is InChI=1S/C15H29N3O2/c1-5-17(6-2)8-7-16-14(19)15(20)18-10-12(3)9-13(4)11-18/h12-13H,5-11H2,1-4H3,(H,16,19). The van der Waals surface area contributed by atoms with Crippen molar-refractivity contribution in [1.29, 1.82) is 0 Å². The molecule has 1 heterocycles. The summed E-state index contributed by atoms with van der Waals surface area (Å²) in [6.45, 7) is 13.1. The van der Waals surface area contributed by atoms with Gasteiger partial charge in [0.2, 0.25) is 0 Å². The van der Waals surface area contributed by atoms with Crippen molar-refractivity contribution in [2.75, 3.05) is 39.3 Å². The zero-order chi connectivity index (χ0) is 15.1. The number of likely N-dealkylation sites (tertiary alicyclic amines) is 1. The van der Waals surface area contributed by atoms with E-state index >= 15 is 0 Å². The van der Waals surface area contributed by atoms with Gasteiger partial charge in [0.05, 0.1) is 0 Å². The van der Waals surface area contributed by atoms with Crippen LogP contribution in [0.2, 0.25) is 0 Å². The van der Waals surface area contributed by atoms with E-state index in [-0.39, 0.29) is 5.91 Å². The summed E-state index contributed by atoms with van der Waals surface area (Å²) in [6.07, 6.45) is 1.13. The van der Waals surface area contributed by atoms with Crippen molar-refractivity contribution in [2.24, 2.45) is 11.8 Å². The fraction of sp³-hybridized carbons (Fsp3) is 0.867. The zero-order valence-corrected chi connectivity index (χ0v) is 13.3. The lowest BCUT2D eigenvalue weighted by atomic mass is 9.92. The number of amides is 2. The minimum absolute atomic E-state index is 0.372. The molecule has 20 heavy (non-hydrogen) atoms. The molecule has 1 saturated heterocycles. The second kappa shape index (κ2) is 8.25. The molecule has 0 aromatic rings. The quantitative estimate of drug-likeness (QED) is 0.764. The van der Waals surface area contributed by atoms with Crippen molar-refractivity contribution in [3.8, 4) is 0 Å². The third-order valence-corrected chi connectivity index (χ3v) is 3.96. The lowest BCUT2D eigenvalue weighted by Crippen LogP contribution is -2.49. The molecule has 2 atom stereocenters. The Bertz CT molecular complexity index is 319. The van der Waals surface area contributed by atoms with Crippen LogP contribution in [-0.2, 0) is 9.59 Å². The summed E-state index contributed by atoms with van der Waals surface area (Å²) in [7, 11) is 0. The van der Waals surface area contributed by atoms with E-state index in [2.05, 4.69) is 37.9 Å². The summed E-state index contributed by atoms with van der Waals surface area (Å²) in [5.41, 5.74) is 0. The maximum atomic E-state index is 12.1. The van der Waals surface area contributed by atoms with Gasteiger partial charge in [0.25, 0.3) is 0 Å². The van der Waals surface area contributed by atoms with Crippen LogP contribution in [0.1, 0.15) is 34.1 Å². The van der Waals surface area contributed by atoms with Gasteiger partial charge >= 0.3 is 11.8 Å². The molecule has 1 fully saturated rings. The number of rotatable bonds is 5. The molecule has 0 aromatic carbocycles. The number of hydrogen-bond acceptors (Lipinski definition) is 3. The first-order chi connectivity index (χ1) is 9.47. The summed E-state index contributed by atoms with van der Waals surface area (Å²) < 4.78 is 0. The van der Waals surface area contributed by atoms with E-state index < -0.39 is 5.91 Å². The normalized spacial score (nSPS) is 22.9. The molecule has 5 nitrogen and oxygen atoms in total. The predicted molar refractivity (Wildman–Crippen MR) is 80.3 cm³/mol. The Morgan fingerprint density at radius 1 is 1.15 bits per heavy atom. The van der Waals surface area contributed by atoms with Crippen LogP contribution in [0.15, 0.2) is 0 Å². The molecule has 0 spiro atoms. The largest absolute Gasteiger partial charge is 0.347 e. The van der Waals surface area contributed by atoms with Crippen molar-refractivity contribution in [3.63, 3.8) is 0 Å². The van der Waals surface area contributed by atoms with E-state index in [1.165, 1.54) is 0 Å². The van der Waals surface area contributed by atoms with Crippen LogP contribution in [0.4, 0.5) is 0 Å². The molecule has 1 N–H and O–H groups in total. The van der Waals surface area contributed by atoms with Crippen LogP contribution in [0, 0.1) is 11.8 Å². The Morgan fingerprint density at radius 2 is 1.70 bits per heavy atom. The molecule has 2 amide bonds. The second-order valence-corrected chi connectivity index (χ2v) is 5.94. The van der Waals surface area contributed by atoms with Crippen LogP contribution >= 0.6 is 0 Å². The Hall–Kier alpha value is -1.10. The smallest absolute Gasteiger partial charge is 0.311 e. The third-order valence-electron chi connectivity index (χ3n) is 3.96. The van der Waals surface area contributed by atoms with Gasteiger partial charge in [-0.1, -0.05) is 27.7 Å². The first kappa shape index (κ1) is 17.0. The lowest BCUT2D eigenvalue weighted by Gasteiger charge is -2.34. The third kappa shape index (κ3) is 5.12. The summed E-state index contributed by atoms with van der Waals surface area (Å²) in [4.78, 5) is 27.9. The Labute approximate surface area is 122 Å². The Balaban J connectivity index is 2.37. The van der Waals surface area contributed by atoms with Crippen molar-refractivity contribution in [1.82, 2.24) is 15.1 Å². The molecule has 1 rings (SSSR count). The van der Waals surface area contributed by atoms with Gasteiger partial charge in [-0.15, -0.1) is 0 Å². The summed E-state index contributed by atoms with van der Waals surface area (Å²) >= 11 is 0. The monoisotopic (exact) mass is 283 g/mol. The molecule has 1 aliphatic rings. The van der Waals surface area contributed by atoms with Crippen molar-refractivity contribution in [2.45, 2.75) is 34.1 Å². The van der Waals surface area contributed by atoms with Gasteiger partial charge in [0.1, 0.15) is 0 Å². The summed E-state index contributed by atoms with van der Waals surface area (Å²) in [5, 5.41) is 2.74. The molecule has 116 valence electrons. The molecule has 2 unspecified atom stereocenters. The molecule has 0 saturated carbocycles. The van der Waals surface area contributed by atoms with Gasteiger partial charge in [0.15, 0.2) is 0 Å². The minimum atomic E-state index is -0.460. The highest BCUT2D eigenvalue weighted by Gasteiger charge is 2.28. The summed E-state index contributed by atoms with van der Waals surface area (Å²) in [6, 6.07) is 0. The molecule has 5 heteroatoms. The minimum Gasteiger partial charge on any atom is -0.347 e. The fourth-order valence-corrected chi connectivity index (χ4v) is 2.92. The van der Waals surface area contributed by atoms with E-state index in [1.54, 1.807) is 4.90 Å². The van der Waals surface area contributed by atoms with Gasteiger partial charge in [-0.25, -0.2) is 0 Å². The van der Waals surface area contributed by atoms with Crippen LogP contribution in [0.3, 0.4) is 0 Å². The SMILES string of the molecule is CCN(CC)CCNC(=O)C(=O)N1CC(C)CC(C)C1.